The summed E-state index contributed by atoms with van der Waals surface area (Å²) in [6, 6.07) is 1.81. The molecule has 5 heteroatoms. The van der Waals surface area contributed by atoms with Crippen molar-refractivity contribution < 1.29 is 0 Å². The van der Waals surface area contributed by atoms with E-state index in [-0.39, 0.29) is 0 Å². The van der Waals surface area contributed by atoms with Gasteiger partial charge in [0.25, 0.3) is 0 Å². The first-order valence-corrected chi connectivity index (χ1v) is 6.93. The molecule has 0 atom stereocenters. The van der Waals surface area contributed by atoms with Crippen LogP contribution in [0.4, 0.5) is 17.6 Å². The van der Waals surface area contributed by atoms with Crippen molar-refractivity contribution in [2.45, 2.75) is 39.0 Å². The second-order valence-corrected chi connectivity index (χ2v) is 4.81. The van der Waals surface area contributed by atoms with Crippen LogP contribution in [-0.4, -0.2) is 29.6 Å². The van der Waals surface area contributed by atoms with Crippen molar-refractivity contribution in [2.24, 2.45) is 0 Å². The summed E-state index contributed by atoms with van der Waals surface area (Å²) in [4.78, 5) is 11.1. The van der Waals surface area contributed by atoms with Crippen molar-refractivity contribution in [1.82, 2.24) is 9.97 Å². The molecule has 5 nitrogen and oxygen atoms in total. The number of anilines is 3. The number of unbranched alkanes of at least 4 members (excludes halogenated alkanes) is 2. The zero-order valence-electron chi connectivity index (χ0n) is 11.2. The van der Waals surface area contributed by atoms with Crippen molar-refractivity contribution in [2.75, 3.05) is 35.6 Å². The van der Waals surface area contributed by atoms with Gasteiger partial charge in [0.2, 0.25) is 5.95 Å². The van der Waals surface area contributed by atoms with E-state index in [1.807, 2.05) is 6.07 Å². The molecule has 100 valence electrons. The smallest absolute Gasteiger partial charge is 0.229 e. The first-order valence-electron chi connectivity index (χ1n) is 6.93. The fourth-order valence-corrected chi connectivity index (χ4v) is 2.19. The molecule has 1 fully saturated rings. The Labute approximate surface area is 109 Å². The van der Waals surface area contributed by atoms with E-state index in [4.69, 9.17) is 5.73 Å². The zero-order chi connectivity index (χ0) is 12.8. The highest BCUT2D eigenvalue weighted by molar-refractivity contribution is 5.50. The molecule has 3 N–H and O–H groups in total. The summed E-state index contributed by atoms with van der Waals surface area (Å²) in [5, 5.41) is 3.33. The van der Waals surface area contributed by atoms with Crippen LogP contribution in [0.1, 0.15) is 39.0 Å². The third-order valence-corrected chi connectivity index (χ3v) is 3.21. The molecule has 0 aromatic carbocycles. The van der Waals surface area contributed by atoms with Gasteiger partial charge in [0.15, 0.2) is 0 Å². The Bertz CT molecular complexity index is 374. The van der Waals surface area contributed by atoms with E-state index >= 15 is 0 Å². The third kappa shape index (κ3) is 3.48. The van der Waals surface area contributed by atoms with Gasteiger partial charge < -0.3 is 16.0 Å². The maximum atomic E-state index is 5.84. The van der Waals surface area contributed by atoms with E-state index in [2.05, 4.69) is 27.1 Å². The van der Waals surface area contributed by atoms with Gasteiger partial charge in [0, 0.05) is 25.7 Å². The molecule has 1 saturated heterocycles. The Morgan fingerprint density at radius 2 is 2.06 bits per heavy atom. The van der Waals surface area contributed by atoms with Crippen molar-refractivity contribution in [3.8, 4) is 0 Å². The Kier molecular flexibility index (Phi) is 4.61. The predicted octanol–water partition coefficient (Wildman–Crippen LogP) is 2.26. The van der Waals surface area contributed by atoms with Crippen molar-refractivity contribution in [3.63, 3.8) is 0 Å². The molecule has 2 heterocycles. The number of hydrogen-bond donors (Lipinski definition) is 2. The van der Waals surface area contributed by atoms with E-state index < -0.39 is 0 Å². The van der Waals surface area contributed by atoms with Gasteiger partial charge >= 0.3 is 0 Å². The molecule has 0 unspecified atom stereocenters. The van der Waals surface area contributed by atoms with Crippen LogP contribution in [0.5, 0.6) is 0 Å². The van der Waals surface area contributed by atoms with Crippen LogP contribution in [0.15, 0.2) is 6.07 Å². The SMILES string of the molecule is CCCCCNc1cc(N)nc(N2CCCC2)n1. The van der Waals surface area contributed by atoms with Crippen molar-refractivity contribution in [1.29, 1.82) is 0 Å². The summed E-state index contributed by atoms with van der Waals surface area (Å²) >= 11 is 0. The third-order valence-electron chi connectivity index (χ3n) is 3.21. The summed E-state index contributed by atoms with van der Waals surface area (Å²) in [6.45, 7) is 5.23. The molecular weight excluding hydrogens is 226 g/mol. The van der Waals surface area contributed by atoms with Crippen molar-refractivity contribution in [3.05, 3.63) is 6.07 Å². The highest BCUT2D eigenvalue weighted by Crippen LogP contribution is 2.19. The molecule has 0 aliphatic carbocycles. The first kappa shape index (κ1) is 12.9. The largest absolute Gasteiger partial charge is 0.383 e. The summed E-state index contributed by atoms with van der Waals surface area (Å²) < 4.78 is 0. The highest BCUT2D eigenvalue weighted by Gasteiger charge is 2.15. The van der Waals surface area contributed by atoms with Gasteiger partial charge in [-0.2, -0.15) is 9.97 Å². The van der Waals surface area contributed by atoms with E-state index in [0.717, 1.165) is 31.4 Å². The van der Waals surface area contributed by atoms with E-state index in [1.54, 1.807) is 0 Å². The molecule has 18 heavy (non-hydrogen) atoms. The number of hydrogen-bond acceptors (Lipinski definition) is 5. The molecule has 1 aromatic rings. The number of nitrogen functional groups attached to an aromatic ring is 1. The minimum atomic E-state index is 0.546. The quantitative estimate of drug-likeness (QED) is 0.757. The van der Waals surface area contributed by atoms with Gasteiger partial charge in [0.05, 0.1) is 0 Å². The monoisotopic (exact) mass is 249 g/mol. The van der Waals surface area contributed by atoms with Crippen LogP contribution in [0.3, 0.4) is 0 Å². The lowest BCUT2D eigenvalue weighted by molar-refractivity contribution is 0.742. The maximum Gasteiger partial charge on any atom is 0.229 e. The molecule has 1 aliphatic heterocycles. The van der Waals surface area contributed by atoms with Crippen LogP contribution in [-0.2, 0) is 0 Å². The van der Waals surface area contributed by atoms with Crippen LogP contribution in [0, 0.1) is 0 Å². The zero-order valence-corrected chi connectivity index (χ0v) is 11.2. The molecule has 0 saturated carbocycles. The fourth-order valence-electron chi connectivity index (χ4n) is 2.19. The summed E-state index contributed by atoms with van der Waals surface area (Å²) in [5.41, 5.74) is 5.84. The van der Waals surface area contributed by atoms with Gasteiger partial charge in [-0.3, -0.25) is 0 Å². The fraction of sp³-hybridized carbons (Fsp3) is 0.692. The van der Waals surface area contributed by atoms with Crippen LogP contribution < -0.4 is 16.0 Å². The van der Waals surface area contributed by atoms with Crippen molar-refractivity contribution >= 4 is 17.6 Å². The lowest BCUT2D eigenvalue weighted by Gasteiger charge is -2.16. The Morgan fingerprint density at radius 3 is 2.78 bits per heavy atom. The average molecular weight is 249 g/mol. The molecule has 0 bridgehead atoms. The van der Waals surface area contributed by atoms with Gasteiger partial charge in [-0.25, -0.2) is 0 Å². The normalized spacial score (nSPS) is 15.1. The number of aromatic nitrogens is 2. The molecule has 1 aromatic heterocycles. The summed E-state index contributed by atoms with van der Waals surface area (Å²) in [7, 11) is 0. The standard InChI is InChI=1S/C13H23N5/c1-2-3-4-7-15-12-10-11(14)16-13(17-12)18-8-5-6-9-18/h10H,2-9H2,1H3,(H3,14,15,16,17). The molecule has 0 radical (unpaired) electrons. The molecule has 1 aliphatic rings. The Balaban J connectivity index is 1.97. The van der Waals surface area contributed by atoms with Gasteiger partial charge in [-0.05, 0) is 19.3 Å². The minimum Gasteiger partial charge on any atom is -0.383 e. The topological polar surface area (TPSA) is 67.1 Å². The average Bonchev–Trinajstić information content (AvgIpc) is 2.88. The van der Waals surface area contributed by atoms with Crippen LogP contribution >= 0.6 is 0 Å². The summed E-state index contributed by atoms with van der Waals surface area (Å²) in [6.07, 6.45) is 6.08. The van der Waals surface area contributed by atoms with E-state index in [0.29, 0.717) is 5.82 Å². The van der Waals surface area contributed by atoms with Gasteiger partial charge in [0.1, 0.15) is 11.6 Å². The second kappa shape index (κ2) is 6.42. The lowest BCUT2D eigenvalue weighted by Crippen LogP contribution is -2.21. The molecule has 2 rings (SSSR count). The number of rotatable bonds is 6. The predicted molar refractivity (Wildman–Crippen MR) is 75.9 cm³/mol. The van der Waals surface area contributed by atoms with Crippen LogP contribution in [0.25, 0.3) is 0 Å². The number of nitrogens with zero attached hydrogens (tertiary/aromatic N) is 3. The maximum absolute atomic E-state index is 5.84. The molecular formula is C13H23N5. The Morgan fingerprint density at radius 1 is 1.28 bits per heavy atom. The molecule has 0 spiro atoms. The Hall–Kier alpha value is -1.52. The van der Waals surface area contributed by atoms with Gasteiger partial charge in [-0.15, -0.1) is 0 Å². The molecule has 0 amide bonds. The highest BCUT2D eigenvalue weighted by atomic mass is 15.3. The summed E-state index contributed by atoms with van der Waals surface area (Å²) in [5.74, 6) is 2.16. The number of nitrogens with two attached hydrogens (primary N) is 1. The lowest BCUT2D eigenvalue weighted by atomic mass is 10.2. The van der Waals surface area contributed by atoms with Gasteiger partial charge in [-0.1, -0.05) is 19.8 Å². The minimum absolute atomic E-state index is 0.546. The van der Waals surface area contributed by atoms with Crippen LogP contribution in [0.2, 0.25) is 0 Å². The van der Waals surface area contributed by atoms with E-state index in [1.165, 1.54) is 32.1 Å². The van der Waals surface area contributed by atoms with E-state index in [9.17, 15) is 0 Å². The second-order valence-electron chi connectivity index (χ2n) is 4.81. The first-order chi connectivity index (χ1) is 8.79. The number of nitrogens with one attached hydrogen (secondary N) is 1.